The third kappa shape index (κ3) is 7.44. The van der Waals surface area contributed by atoms with Gasteiger partial charge in [0.15, 0.2) is 11.6 Å². The molecule has 0 radical (unpaired) electrons. The molecule has 1 unspecified atom stereocenters. The lowest BCUT2D eigenvalue weighted by molar-refractivity contribution is -0.141. The van der Waals surface area contributed by atoms with Gasteiger partial charge < -0.3 is 10.2 Å². The van der Waals surface area contributed by atoms with Crippen LogP contribution < -0.4 is 5.32 Å². The molecule has 1 aliphatic rings. The van der Waals surface area contributed by atoms with Crippen molar-refractivity contribution in [1.29, 1.82) is 0 Å². The summed E-state index contributed by atoms with van der Waals surface area (Å²) < 4.78 is 0. The van der Waals surface area contributed by atoms with Gasteiger partial charge in [0.05, 0.1) is 6.04 Å². The fourth-order valence-electron chi connectivity index (χ4n) is 4.68. The Hall–Kier alpha value is -3.61. The van der Waals surface area contributed by atoms with Gasteiger partial charge in [-0.05, 0) is 49.8 Å². The topological polar surface area (TPSA) is 101 Å². The first kappa shape index (κ1) is 28.0. The van der Waals surface area contributed by atoms with Crippen LogP contribution in [0.15, 0.2) is 60.7 Å². The molecule has 196 valence electrons. The lowest BCUT2D eigenvalue weighted by atomic mass is 9.83. The fourth-order valence-corrected chi connectivity index (χ4v) is 4.68. The van der Waals surface area contributed by atoms with E-state index in [1.807, 2.05) is 50.2 Å². The van der Waals surface area contributed by atoms with Gasteiger partial charge in [-0.2, -0.15) is 0 Å². The Kier molecular flexibility index (Phi) is 9.89. The third-order valence-electron chi connectivity index (χ3n) is 7.00. The van der Waals surface area contributed by atoms with Crippen LogP contribution in [0.4, 0.5) is 0 Å². The van der Waals surface area contributed by atoms with Crippen molar-refractivity contribution >= 4 is 29.2 Å². The van der Waals surface area contributed by atoms with E-state index >= 15 is 0 Å². The Labute approximate surface area is 218 Å². The van der Waals surface area contributed by atoms with Gasteiger partial charge in [0.25, 0.3) is 5.91 Å². The van der Waals surface area contributed by atoms with E-state index in [9.17, 15) is 24.0 Å². The maximum absolute atomic E-state index is 13.0. The molecule has 3 atom stereocenters. The number of nitrogens with zero attached hydrogens (tertiary/aromatic N) is 1. The van der Waals surface area contributed by atoms with Crippen LogP contribution in [0.2, 0.25) is 0 Å². The van der Waals surface area contributed by atoms with E-state index < -0.39 is 29.6 Å². The minimum Gasteiger partial charge on any atom is -0.345 e. The van der Waals surface area contributed by atoms with Crippen LogP contribution in [0.1, 0.15) is 62.4 Å². The van der Waals surface area contributed by atoms with Crippen molar-refractivity contribution in [2.45, 2.75) is 65.0 Å². The molecule has 0 spiro atoms. The van der Waals surface area contributed by atoms with Crippen molar-refractivity contribution in [2.75, 3.05) is 6.54 Å². The van der Waals surface area contributed by atoms with Crippen LogP contribution in [0, 0.1) is 11.8 Å². The quantitative estimate of drug-likeness (QED) is 0.443. The van der Waals surface area contributed by atoms with Crippen molar-refractivity contribution in [3.63, 3.8) is 0 Å². The number of hydrogen-bond donors (Lipinski definition) is 1. The number of likely N-dealkylation sites (tertiary alicyclic amines) is 1. The van der Waals surface area contributed by atoms with Gasteiger partial charge in [0.1, 0.15) is 6.04 Å². The number of carbonyl (C=O) groups excluding carboxylic acids is 5. The Morgan fingerprint density at radius 2 is 1.54 bits per heavy atom. The zero-order valence-electron chi connectivity index (χ0n) is 21.8. The summed E-state index contributed by atoms with van der Waals surface area (Å²) in [5.74, 6) is -2.85. The van der Waals surface area contributed by atoms with Gasteiger partial charge in [-0.3, -0.25) is 24.0 Å². The lowest BCUT2D eigenvalue weighted by Crippen LogP contribution is -2.50. The molecule has 0 aromatic heterocycles. The third-order valence-corrected chi connectivity index (χ3v) is 7.00. The summed E-state index contributed by atoms with van der Waals surface area (Å²) in [5.41, 5.74) is 1.49. The summed E-state index contributed by atoms with van der Waals surface area (Å²) in [4.78, 5) is 66.0. The first-order valence-corrected chi connectivity index (χ1v) is 13.0. The fraction of sp³-hybridized carbons (Fsp3) is 0.433. The zero-order valence-corrected chi connectivity index (χ0v) is 21.8. The van der Waals surface area contributed by atoms with Gasteiger partial charge in [-0.15, -0.1) is 0 Å². The number of benzene rings is 2. The van der Waals surface area contributed by atoms with Crippen molar-refractivity contribution in [3.05, 3.63) is 71.8 Å². The number of Topliss-reactive ketones (excluding diaryl/α,β-unsaturated/α-hetero) is 3. The number of aryl methyl sites for hydroxylation is 1. The predicted octanol–water partition coefficient (Wildman–Crippen LogP) is 3.80. The van der Waals surface area contributed by atoms with E-state index in [0.717, 1.165) is 5.56 Å². The van der Waals surface area contributed by atoms with Crippen LogP contribution in [0.3, 0.4) is 0 Å². The molecule has 1 N–H and O–H groups in total. The van der Waals surface area contributed by atoms with Crippen molar-refractivity contribution in [3.8, 4) is 0 Å². The molecule has 3 rings (SSSR count). The molecular formula is C30H36N2O5. The number of hydrogen-bond acceptors (Lipinski definition) is 5. The highest BCUT2D eigenvalue weighted by molar-refractivity contribution is 6.38. The molecule has 0 saturated carbocycles. The van der Waals surface area contributed by atoms with Crippen LogP contribution in [-0.4, -0.2) is 52.7 Å². The van der Waals surface area contributed by atoms with Gasteiger partial charge in [-0.25, -0.2) is 0 Å². The molecule has 1 saturated heterocycles. The standard InChI is InChI=1S/C30H36N2O5/c1-20(2)24(28(35)26(33)17-16-22-11-6-4-7-12-22)19-27(34)21(3)31-29(36)25-15-10-18-32(25)30(37)23-13-8-5-9-14-23/h4-9,11-14,20-21,24-25H,10,15-19H2,1-3H3,(H,31,36)/t21-,24-,25?/m0/s1. The van der Waals surface area contributed by atoms with Crippen LogP contribution in [0.5, 0.6) is 0 Å². The van der Waals surface area contributed by atoms with Crippen molar-refractivity contribution in [2.24, 2.45) is 11.8 Å². The molecule has 0 bridgehead atoms. The molecule has 2 aromatic rings. The molecule has 2 aromatic carbocycles. The highest BCUT2D eigenvalue weighted by Crippen LogP contribution is 2.22. The first-order valence-electron chi connectivity index (χ1n) is 13.0. The van der Waals surface area contributed by atoms with E-state index in [1.165, 1.54) is 0 Å². The Bertz CT molecular complexity index is 1110. The average molecular weight is 505 g/mol. The Morgan fingerprint density at radius 3 is 2.16 bits per heavy atom. The smallest absolute Gasteiger partial charge is 0.254 e. The van der Waals surface area contributed by atoms with E-state index in [2.05, 4.69) is 5.32 Å². The molecule has 1 fully saturated rings. The number of rotatable bonds is 12. The van der Waals surface area contributed by atoms with Crippen LogP contribution in [0.25, 0.3) is 0 Å². The van der Waals surface area contributed by atoms with Crippen molar-refractivity contribution < 1.29 is 24.0 Å². The predicted molar refractivity (Wildman–Crippen MR) is 141 cm³/mol. The number of amides is 2. The Balaban J connectivity index is 1.56. The molecule has 37 heavy (non-hydrogen) atoms. The highest BCUT2D eigenvalue weighted by atomic mass is 16.2. The maximum atomic E-state index is 13.0. The molecule has 1 heterocycles. The zero-order chi connectivity index (χ0) is 26.9. The highest BCUT2D eigenvalue weighted by Gasteiger charge is 2.36. The summed E-state index contributed by atoms with van der Waals surface area (Å²) in [6.45, 7) is 5.69. The molecule has 2 amide bonds. The second-order valence-corrected chi connectivity index (χ2v) is 10.0. The second kappa shape index (κ2) is 13.1. The number of carbonyl (C=O) groups is 5. The molecule has 0 aliphatic carbocycles. The van der Waals surface area contributed by atoms with Crippen molar-refractivity contribution in [1.82, 2.24) is 10.2 Å². The van der Waals surface area contributed by atoms with Gasteiger partial charge in [0.2, 0.25) is 11.7 Å². The van der Waals surface area contributed by atoms with E-state index in [1.54, 1.807) is 36.1 Å². The molecule has 7 nitrogen and oxygen atoms in total. The lowest BCUT2D eigenvalue weighted by Gasteiger charge is -2.26. The minimum atomic E-state index is -0.838. The molecule has 1 aliphatic heterocycles. The molecule has 7 heteroatoms. The summed E-state index contributed by atoms with van der Waals surface area (Å²) in [6, 6.07) is 16.8. The number of nitrogens with one attached hydrogen (secondary N) is 1. The van der Waals surface area contributed by atoms with E-state index in [-0.39, 0.29) is 36.4 Å². The summed E-state index contributed by atoms with van der Waals surface area (Å²) in [6.07, 6.45) is 1.67. The molecular weight excluding hydrogens is 468 g/mol. The summed E-state index contributed by atoms with van der Waals surface area (Å²) >= 11 is 0. The average Bonchev–Trinajstić information content (AvgIpc) is 3.40. The van der Waals surface area contributed by atoms with Gasteiger partial charge in [-0.1, -0.05) is 62.4 Å². The first-order chi connectivity index (χ1) is 17.7. The van der Waals surface area contributed by atoms with E-state index in [0.29, 0.717) is 31.4 Å². The SMILES string of the molecule is CC(C)[C@H](CC(=O)[C@H](C)NC(=O)C1CCCN1C(=O)c1ccccc1)C(=O)C(=O)CCc1ccccc1. The normalized spacial score (nSPS) is 16.8. The van der Waals surface area contributed by atoms with Crippen LogP contribution >= 0.6 is 0 Å². The number of ketones is 3. The summed E-state index contributed by atoms with van der Waals surface area (Å²) in [7, 11) is 0. The van der Waals surface area contributed by atoms with Gasteiger partial charge in [0, 0.05) is 30.9 Å². The monoisotopic (exact) mass is 504 g/mol. The Morgan fingerprint density at radius 1 is 0.919 bits per heavy atom. The van der Waals surface area contributed by atoms with Crippen LogP contribution in [-0.2, 0) is 25.6 Å². The van der Waals surface area contributed by atoms with Gasteiger partial charge >= 0.3 is 0 Å². The minimum absolute atomic E-state index is 0.0967. The maximum Gasteiger partial charge on any atom is 0.254 e. The summed E-state index contributed by atoms with van der Waals surface area (Å²) in [5, 5.41) is 2.74. The second-order valence-electron chi connectivity index (χ2n) is 10.0. The largest absolute Gasteiger partial charge is 0.345 e. The van der Waals surface area contributed by atoms with E-state index in [4.69, 9.17) is 0 Å².